The van der Waals surface area contributed by atoms with E-state index in [2.05, 4.69) is 72.4 Å². The first kappa shape index (κ1) is 75.3. The maximum Gasteiger partial charge on any atom is 0.330 e. The van der Waals surface area contributed by atoms with Gasteiger partial charge in [-0.3, -0.25) is 0 Å². The summed E-state index contributed by atoms with van der Waals surface area (Å²) < 4.78 is 68.6. The Hall–Kier alpha value is -8.81. The van der Waals surface area contributed by atoms with Crippen LogP contribution in [0.15, 0.2) is 139 Å². The van der Waals surface area contributed by atoms with Gasteiger partial charge in [0, 0.05) is 66.8 Å². The van der Waals surface area contributed by atoms with Crippen LogP contribution in [0.1, 0.15) is 25.7 Å². The van der Waals surface area contributed by atoms with E-state index in [1.54, 1.807) is 0 Å². The first-order chi connectivity index (χ1) is 39.0. The van der Waals surface area contributed by atoms with Crippen LogP contribution in [-0.4, -0.2) is 176 Å². The van der Waals surface area contributed by atoms with E-state index in [-0.39, 0.29) is 125 Å². The van der Waals surface area contributed by atoms with Crippen molar-refractivity contribution in [3.05, 3.63) is 139 Å². The van der Waals surface area contributed by atoms with Crippen molar-refractivity contribution < 1.29 is 119 Å². The van der Waals surface area contributed by atoms with Gasteiger partial charge in [-0.2, -0.15) is 0 Å². The molecule has 1 atom stereocenters. The molecule has 1 unspecified atom stereocenters. The van der Waals surface area contributed by atoms with E-state index in [0.717, 1.165) is 66.8 Å². The molecule has 0 aliphatic rings. The molecule has 0 fully saturated rings. The van der Waals surface area contributed by atoms with Crippen molar-refractivity contribution in [2.45, 2.75) is 25.7 Å². The summed E-state index contributed by atoms with van der Waals surface area (Å²) in [6, 6.07) is 0. The maximum atomic E-state index is 11.9. The fraction of sp³-hybridized carbons (Fsp3) is 0.421. The second-order valence-corrected chi connectivity index (χ2v) is 17.3. The van der Waals surface area contributed by atoms with E-state index in [1.807, 2.05) is 0 Å². The van der Waals surface area contributed by atoms with E-state index in [4.69, 9.17) is 61.6 Å². The van der Waals surface area contributed by atoms with Crippen molar-refractivity contribution in [1.82, 2.24) is 0 Å². The topological polar surface area (TPSA) is 328 Å². The predicted molar refractivity (Wildman–Crippen MR) is 290 cm³/mol. The molecule has 0 aliphatic heterocycles. The Morgan fingerprint density at radius 3 is 0.561 bits per heavy atom. The van der Waals surface area contributed by atoms with Gasteiger partial charge in [-0.15, -0.1) is 0 Å². The highest BCUT2D eigenvalue weighted by molar-refractivity contribution is 5.84. The summed E-state index contributed by atoms with van der Waals surface area (Å²) >= 11 is 0. The van der Waals surface area contributed by atoms with Crippen LogP contribution in [0.4, 0.5) is 0 Å². The zero-order valence-electron chi connectivity index (χ0n) is 46.0. The summed E-state index contributed by atoms with van der Waals surface area (Å²) in [7, 11) is 0. The maximum absolute atomic E-state index is 11.9. The lowest BCUT2D eigenvalue weighted by atomic mass is 9.85. The SMILES string of the molecule is C=CC(=O)OCCC(CO)(COCC(CCOC(=O)C=C)(COC(=O)C=C)COC(=O)C=C)COC(=O)C=C.C=CC(=O)OCCC(COCC(CCOC(=O)C=C)(COC(=O)C=C)COC(=O)C=C)(COC(=O)C=C)COC(=O)C=C. The predicted octanol–water partition coefficient (Wildman–Crippen LogP) is 3.53. The van der Waals surface area contributed by atoms with Gasteiger partial charge in [0.25, 0.3) is 0 Å². The van der Waals surface area contributed by atoms with Crippen molar-refractivity contribution in [3.8, 4) is 0 Å². The molecule has 0 aromatic heterocycles. The van der Waals surface area contributed by atoms with E-state index in [0.29, 0.717) is 0 Å². The van der Waals surface area contributed by atoms with Crippen LogP contribution in [-0.2, 0) is 114 Å². The van der Waals surface area contributed by atoms with Gasteiger partial charge < -0.3 is 66.7 Å². The quantitative estimate of drug-likeness (QED) is 0.0517. The van der Waals surface area contributed by atoms with Crippen LogP contribution in [0.3, 0.4) is 0 Å². The van der Waals surface area contributed by atoms with Crippen LogP contribution in [0.5, 0.6) is 0 Å². The number of aliphatic hydroxyl groups excluding tert-OH is 1. The summed E-state index contributed by atoms with van der Waals surface area (Å²) in [4.78, 5) is 129. The number of aliphatic hydroxyl groups is 1. The molecule has 0 radical (unpaired) electrons. The second-order valence-electron chi connectivity index (χ2n) is 17.3. The lowest BCUT2D eigenvalue weighted by molar-refractivity contribution is -0.163. The molecule has 0 amide bonds. The third-order valence-corrected chi connectivity index (χ3v) is 11.0. The van der Waals surface area contributed by atoms with E-state index < -0.39 is 93.9 Å². The van der Waals surface area contributed by atoms with Crippen LogP contribution in [0, 0.1) is 21.7 Å². The minimum atomic E-state index is -1.28. The lowest BCUT2D eigenvalue weighted by Gasteiger charge is -2.36. The van der Waals surface area contributed by atoms with Gasteiger partial charge >= 0.3 is 65.7 Å². The fourth-order valence-corrected chi connectivity index (χ4v) is 6.04. The third kappa shape index (κ3) is 33.6. The Morgan fingerprint density at radius 2 is 0.390 bits per heavy atom. The summed E-state index contributed by atoms with van der Waals surface area (Å²) in [5, 5.41) is 10.2. The van der Waals surface area contributed by atoms with Crippen molar-refractivity contribution >= 4 is 65.7 Å². The third-order valence-electron chi connectivity index (χ3n) is 11.0. The van der Waals surface area contributed by atoms with E-state index >= 15 is 0 Å². The normalized spacial score (nSPS) is 11.3. The fourth-order valence-electron chi connectivity index (χ4n) is 6.04. The van der Waals surface area contributed by atoms with Crippen LogP contribution in [0.25, 0.3) is 0 Å². The average molecular weight is 1160 g/mol. The lowest BCUT2D eigenvalue weighted by Crippen LogP contribution is -2.44. The molecule has 1 N–H and O–H groups in total. The highest BCUT2D eigenvalue weighted by Crippen LogP contribution is 2.31. The molecule has 25 nitrogen and oxygen atoms in total. The van der Waals surface area contributed by atoms with Gasteiger partial charge in [-0.1, -0.05) is 72.4 Å². The molecule has 25 heteroatoms. The van der Waals surface area contributed by atoms with E-state index in [1.165, 1.54) is 0 Å². The minimum Gasteiger partial charge on any atom is -0.463 e. The number of ether oxygens (including phenoxy) is 13. The zero-order chi connectivity index (χ0) is 62.5. The number of hydrogen-bond acceptors (Lipinski definition) is 25. The molecule has 0 spiro atoms. The highest BCUT2D eigenvalue weighted by Gasteiger charge is 2.40. The standard InChI is InChI=1S/C30H38O13.C27H36O12/c1-7-23(31)38-15-13-29(19-40-25(33)9-3,20-41-26(34)10-4)17-37-18-30(21-42-27(35)11-5,22-43-28(36)12-6)14-16-39-24(32)8-2;1-6-21(29)35-13-11-26(15-28,18-37-23(31)8-3)16-34-17-27(19-38-24(32)9-4,20-39-25(33)10-5)12-14-36-22(30)7-2/h7-12H,1-6,13-22H2;6-10,28H,1-5,11-20H2. The molecule has 0 saturated heterocycles. The number of esters is 11. The molecule has 0 aromatic carbocycles. The first-order valence-electron chi connectivity index (χ1n) is 24.5. The molecule has 82 heavy (non-hydrogen) atoms. The number of carbonyl (C=O) groups is 11. The summed E-state index contributed by atoms with van der Waals surface area (Å²) in [6.45, 7) is 31.9. The van der Waals surface area contributed by atoms with Gasteiger partial charge in [0.05, 0.1) is 81.1 Å². The van der Waals surface area contributed by atoms with Crippen LogP contribution >= 0.6 is 0 Å². The molecular formula is C57H74O25. The van der Waals surface area contributed by atoms with Crippen molar-refractivity contribution in [3.63, 3.8) is 0 Å². The monoisotopic (exact) mass is 1160 g/mol. The van der Waals surface area contributed by atoms with Gasteiger partial charge in [0.1, 0.15) is 46.2 Å². The Morgan fingerprint density at radius 1 is 0.244 bits per heavy atom. The molecule has 0 bridgehead atoms. The van der Waals surface area contributed by atoms with Crippen molar-refractivity contribution in [2.24, 2.45) is 21.7 Å². The largest absolute Gasteiger partial charge is 0.463 e. The Bertz CT molecular complexity index is 2120. The molecule has 0 rings (SSSR count). The van der Waals surface area contributed by atoms with Gasteiger partial charge in [0.15, 0.2) is 0 Å². The zero-order valence-corrected chi connectivity index (χ0v) is 46.0. The second kappa shape index (κ2) is 43.0. The van der Waals surface area contributed by atoms with E-state index in [9.17, 15) is 57.8 Å². The Labute approximate surface area is 476 Å². The minimum absolute atomic E-state index is 0.00987. The number of hydrogen-bond donors (Lipinski definition) is 1. The summed E-state index contributed by atoms with van der Waals surface area (Å²) in [6.07, 6.45) is 10.4. The smallest absolute Gasteiger partial charge is 0.330 e. The Balaban J connectivity index is 0. The molecule has 452 valence electrons. The van der Waals surface area contributed by atoms with Crippen molar-refractivity contribution in [2.75, 3.05) is 106 Å². The molecule has 0 saturated carbocycles. The molecule has 0 aliphatic carbocycles. The van der Waals surface area contributed by atoms with Crippen molar-refractivity contribution in [1.29, 1.82) is 0 Å². The number of rotatable bonds is 46. The van der Waals surface area contributed by atoms with Gasteiger partial charge in [-0.05, 0) is 25.7 Å². The summed E-state index contributed by atoms with van der Waals surface area (Å²) in [5.74, 6) is -8.24. The Kier molecular flexibility index (Phi) is 39.5. The number of carbonyl (C=O) groups excluding carboxylic acids is 11. The van der Waals surface area contributed by atoms with Gasteiger partial charge in [-0.25, -0.2) is 52.7 Å². The van der Waals surface area contributed by atoms with Crippen LogP contribution < -0.4 is 0 Å². The highest BCUT2D eigenvalue weighted by atomic mass is 16.6. The molecular weight excluding hydrogens is 1080 g/mol. The first-order valence-corrected chi connectivity index (χ1v) is 24.5. The summed E-state index contributed by atoms with van der Waals surface area (Å²) in [5.41, 5.74) is -5.02. The molecule has 0 aromatic rings. The van der Waals surface area contributed by atoms with Crippen LogP contribution in [0.2, 0.25) is 0 Å². The molecule has 0 heterocycles. The average Bonchev–Trinajstić information content (AvgIpc) is 3.49. The van der Waals surface area contributed by atoms with Gasteiger partial charge in [0.2, 0.25) is 0 Å².